The molecule has 1 aliphatic rings. The van der Waals surface area contributed by atoms with Crippen LogP contribution in [0.15, 0.2) is 53.6 Å². The van der Waals surface area contributed by atoms with Gasteiger partial charge < -0.3 is 30.8 Å². The van der Waals surface area contributed by atoms with Crippen LogP contribution in [0.5, 0.6) is 5.75 Å². The number of carbonyl (C=O) groups is 2. The van der Waals surface area contributed by atoms with Crippen molar-refractivity contribution in [2.24, 2.45) is 5.73 Å². The number of morpholine rings is 1. The van der Waals surface area contributed by atoms with Crippen molar-refractivity contribution in [2.45, 2.75) is 45.9 Å². The van der Waals surface area contributed by atoms with Gasteiger partial charge in [0.1, 0.15) is 11.6 Å². The van der Waals surface area contributed by atoms with Crippen molar-refractivity contribution in [2.75, 3.05) is 36.6 Å². The molecule has 1 fully saturated rings. The molecular formula is C29H35ClN6O5. The lowest BCUT2D eigenvalue weighted by Crippen LogP contribution is -2.38. The third kappa shape index (κ3) is 7.77. The number of primary amides is 1. The molecule has 11 nitrogen and oxygen atoms in total. The van der Waals surface area contributed by atoms with E-state index in [2.05, 4.69) is 20.6 Å². The summed E-state index contributed by atoms with van der Waals surface area (Å²) in [6, 6.07) is 10.5. The Morgan fingerprint density at radius 1 is 1.17 bits per heavy atom. The molecule has 0 spiro atoms. The average Bonchev–Trinajstić information content (AvgIpc) is 2.97. The lowest BCUT2D eigenvalue weighted by atomic mass is 10.1. The fourth-order valence-corrected chi connectivity index (χ4v) is 4.72. The van der Waals surface area contributed by atoms with E-state index in [4.69, 9.17) is 26.8 Å². The fraction of sp³-hybridized carbons (Fsp3) is 0.379. The number of nitrogens with two attached hydrogens (primary N) is 1. The molecule has 1 saturated heterocycles. The Hall–Kier alpha value is -4.09. The predicted molar refractivity (Wildman–Crippen MR) is 157 cm³/mol. The van der Waals surface area contributed by atoms with Crippen molar-refractivity contribution in [3.8, 4) is 5.75 Å². The fourth-order valence-electron chi connectivity index (χ4n) is 4.52. The Labute approximate surface area is 243 Å². The van der Waals surface area contributed by atoms with Crippen LogP contribution < -0.4 is 31.7 Å². The van der Waals surface area contributed by atoms with Gasteiger partial charge in [-0.25, -0.2) is 9.66 Å². The lowest BCUT2D eigenvalue weighted by Gasteiger charge is -2.29. The summed E-state index contributed by atoms with van der Waals surface area (Å²) in [4.78, 5) is 44.6. The van der Waals surface area contributed by atoms with E-state index in [0.717, 1.165) is 24.5 Å². The molecule has 0 saturated carbocycles. The van der Waals surface area contributed by atoms with Crippen molar-refractivity contribution in [3.05, 3.63) is 86.4 Å². The first-order valence-corrected chi connectivity index (χ1v) is 13.9. The highest BCUT2D eigenvalue weighted by Crippen LogP contribution is 2.24. The predicted octanol–water partition coefficient (Wildman–Crippen LogP) is 2.29. The summed E-state index contributed by atoms with van der Waals surface area (Å²) in [6.07, 6.45) is 2.88. The van der Waals surface area contributed by atoms with Crippen LogP contribution in [0.2, 0.25) is 5.02 Å². The van der Waals surface area contributed by atoms with Gasteiger partial charge in [-0.15, -0.1) is 0 Å². The van der Waals surface area contributed by atoms with Gasteiger partial charge in [-0.05, 0) is 49.2 Å². The minimum Gasteiger partial charge on any atom is -0.480 e. The number of nitrogens with zero attached hydrogens (tertiary/aromatic N) is 3. The van der Waals surface area contributed by atoms with E-state index in [9.17, 15) is 14.4 Å². The van der Waals surface area contributed by atoms with E-state index >= 15 is 0 Å². The summed E-state index contributed by atoms with van der Waals surface area (Å²) in [5.41, 5.74) is 10.9. The minimum absolute atomic E-state index is 0.0908. The molecule has 1 aromatic carbocycles. The van der Waals surface area contributed by atoms with Crippen LogP contribution in [0.25, 0.3) is 0 Å². The van der Waals surface area contributed by atoms with Gasteiger partial charge in [0, 0.05) is 53.7 Å². The maximum Gasteiger partial charge on any atom is 0.272 e. The first-order chi connectivity index (χ1) is 19.8. The molecular weight excluding hydrogens is 548 g/mol. The van der Waals surface area contributed by atoms with Crippen molar-refractivity contribution in [1.29, 1.82) is 0 Å². The van der Waals surface area contributed by atoms with Gasteiger partial charge >= 0.3 is 0 Å². The Kier molecular flexibility index (Phi) is 10.2. The summed E-state index contributed by atoms with van der Waals surface area (Å²) in [5, 5.41) is 3.28. The highest BCUT2D eigenvalue weighted by atomic mass is 35.5. The number of amides is 2. The van der Waals surface area contributed by atoms with Crippen molar-refractivity contribution >= 4 is 29.2 Å². The molecule has 3 heterocycles. The van der Waals surface area contributed by atoms with Gasteiger partial charge in [0.25, 0.3) is 11.5 Å². The maximum absolute atomic E-state index is 13.3. The van der Waals surface area contributed by atoms with Crippen LogP contribution >= 0.6 is 11.6 Å². The van der Waals surface area contributed by atoms with Crippen LogP contribution in [0.3, 0.4) is 0 Å². The number of rotatable bonds is 12. The van der Waals surface area contributed by atoms with E-state index in [1.807, 2.05) is 12.1 Å². The summed E-state index contributed by atoms with van der Waals surface area (Å²) in [6.45, 7) is 6.83. The van der Waals surface area contributed by atoms with Gasteiger partial charge in [0.2, 0.25) is 5.91 Å². The standard InChI is InChI=1S/C29H35ClN6O5/c1-3-24(27(31)38)41-25-7-6-22(30)15-21(25)17-33-26(37)16-23-19(2)8-10-36(29(23)39)34-18-20-5-4-9-32-28(20)35-11-13-40-14-12-35/h4-10,15,24,34H,3,11-14,16-18H2,1-2H3,(H2,31,38)(H,33,37). The molecule has 4 rings (SSSR count). The number of hydrogen-bond donors (Lipinski definition) is 3. The zero-order valence-corrected chi connectivity index (χ0v) is 23.9. The molecule has 1 unspecified atom stereocenters. The largest absolute Gasteiger partial charge is 0.480 e. The number of hydrogen-bond acceptors (Lipinski definition) is 8. The van der Waals surface area contributed by atoms with Crippen LogP contribution in [0, 0.1) is 6.92 Å². The van der Waals surface area contributed by atoms with Gasteiger partial charge in [0.15, 0.2) is 6.10 Å². The number of halogens is 1. The van der Waals surface area contributed by atoms with Gasteiger partial charge in [-0.3, -0.25) is 14.4 Å². The van der Waals surface area contributed by atoms with Crippen LogP contribution in [-0.4, -0.2) is 53.9 Å². The van der Waals surface area contributed by atoms with E-state index in [0.29, 0.717) is 53.6 Å². The second kappa shape index (κ2) is 14.0. The number of nitrogens with one attached hydrogen (secondary N) is 2. The van der Waals surface area contributed by atoms with Crippen LogP contribution in [-0.2, 0) is 33.8 Å². The van der Waals surface area contributed by atoms with Crippen molar-refractivity contribution < 1.29 is 19.1 Å². The summed E-state index contributed by atoms with van der Waals surface area (Å²) in [5.74, 6) is 0.323. The molecule has 0 radical (unpaired) electrons. The Morgan fingerprint density at radius 3 is 2.68 bits per heavy atom. The molecule has 12 heteroatoms. The van der Waals surface area contributed by atoms with Gasteiger partial charge in [-0.1, -0.05) is 24.6 Å². The quantitative estimate of drug-likeness (QED) is 0.295. The third-order valence-electron chi connectivity index (χ3n) is 6.84. The summed E-state index contributed by atoms with van der Waals surface area (Å²) < 4.78 is 12.6. The van der Waals surface area contributed by atoms with E-state index in [1.54, 1.807) is 50.5 Å². The van der Waals surface area contributed by atoms with E-state index < -0.39 is 12.0 Å². The molecule has 1 aliphatic heterocycles. The number of benzene rings is 1. The summed E-state index contributed by atoms with van der Waals surface area (Å²) in [7, 11) is 0. The highest BCUT2D eigenvalue weighted by molar-refractivity contribution is 6.30. The molecule has 0 aliphatic carbocycles. The number of anilines is 1. The average molecular weight is 583 g/mol. The lowest BCUT2D eigenvalue weighted by molar-refractivity contribution is -0.125. The van der Waals surface area contributed by atoms with Crippen LogP contribution in [0.1, 0.15) is 35.6 Å². The Balaban J connectivity index is 1.43. The zero-order valence-electron chi connectivity index (χ0n) is 23.2. The first-order valence-electron chi connectivity index (χ1n) is 13.5. The normalized spacial score (nSPS) is 13.9. The highest BCUT2D eigenvalue weighted by Gasteiger charge is 2.19. The SMILES string of the molecule is CCC(Oc1ccc(Cl)cc1CNC(=O)Cc1c(C)ccn(NCc2cccnc2N2CCOCC2)c1=O)C(N)=O. The number of ether oxygens (including phenoxy) is 2. The topological polar surface area (TPSA) is 141 Å². The van der Waals surface area contributed by atoms with Gasteiger partial charge in [0.05, 0.1) is 26.2 Å². The number of carbonyl (C=O) groups excluding carboxylic acids is 2. The molecule has 3 aromatic rings. The van der Waals surface area contributed by atoms with E-state index in [-0.39, 0.29) is 24.4 Å². The van der Waals surface area contributed by atoms with Gasteiger partial charge in [-0.2, -0.15) is 0 Å². The first kappa shape index (κ1) is 29.9. The molecule has 0 bridgehead atoms. The van der Waals surface area contributed by atoms with E-state index in [1.165, 1.54) is 4.68 Å². The zero-order chi connectivity index (χ0) is 29.4. The van der Waals surface area contributed by atoms with Crippen molar-refractivity contribution in [3.63, 3.8) is 0 Å². The second-order valence-corrected chi connectivity index (χ2v) is 10.1. The smallest absolute Gasteiger partial charge is 0.272 e. The molecule has 218 valence electrons. The van der Waals surface area contributed by atoms with Crippen molar-refractivity contribution in [1.82, 2.24) is 15.0 Å². The molecule has 1 atom stereocenters. The molecule has 4 N–H and O–H groups in total. The Bertz CT molecular complexity index is 1440. The Morgan fingerprint density at radius 2 is 1.95 bits per heavy atom. The molecule has 2 aromatic heterocycles. The monoisotopic (exact) mass is 582 g/mol. The second-order valence-electron chi connectivity index (χ2n) is 9.70. The number of pyridine rings is 2. The van der Waals surface area contributed by atoms with Crippen LogP contribution in [0.4, 0.5) is 5.82 Å². The number of aromatic nitrogens is 2. The number of aryl methyl sites for hydroxylation is 1. The minimum atomic E-state index is -0.805. The molecule has 2 amide bonds. The third-order valence-corrected chi connectivity index (χ3v) is 7.07. The maximum atomic E-state index is 13.3. The summed E-state index contributed by atoms with van der Waals surface area (Å²) >= 11 is 6.16. The molecule has 41 heavy (non-hydrogen) atoms.